The smallest absolute Gasteiger partial charge is 0.219 e. The van der Waals surface area contributed by atoms with Gasteiger partial charge in [0.2, 0.25) is 5.88 Å². The zero-order valence-electron chi connectivity index (χ0n) is 12.5. The fourth-order valence-electron chi connectivity index (χ4n) is 3.54. The molecular formula is C15H22N2O3. The lowest BCUT2D eigenvalue weighted by molar-refractivity contribution is -0.158. The standard InChI is InChI=1S/C15H22N2O3/c1-5-9-6-10(11-7-16-8-17-14(11)18-4)13-12(9)19-15(2,3)20-13/h7-10,12-13H,5-6H2,1-4H3/t9-,10-,12+,13-/m0/s1. The fourth-order valence-corrected chi connectivity index (χ4v) is 3.54. The van der Waals surface area contributed by atoms with Gasteiger partial charge in [-0.25, -0.2) is 9.97 Å². The maximum atomic E-state index is 6.14. The van der Waals surface area contributed by atoms with Gasteiger partial charge in [0.15, 0.2) is 5.79 Å². The van der Waals surface area contributed by atoms with Crippen LogP contribution in [-0.2, 0) is 9.47 Å². The van der Waals surface area contributed by atoms with E-state index in [0.29, 0.717) is 11.8 Å². The summed E-state index contributed by atoms with van der Waals surface area (Å²) in [6, 6.07) is 0. The summed E-state index contributed by atoms with van der Waals surface area (Å²) in [6.07, 6.45) is 5.71. The molecule has 1 aromatic heterocycles. The van der Waals surface area contributed by atoms with Crippen molar-refractivity contribution in [3.05, 3.63) is 18.1 Å². The van der Waals surface area contributed by atoms with Crippen molar-refractivity contribution >= 4 is 0 Å². The highest BCUT2D eigenvalue weighted by atomic mass is 16.8. The van der Waals surface area contributed by atoms with E-state index in [-0.39, 0.29) is 18.1 Å². The van der Waals surface area contributed by atoms with Crippen LogP contribution >= 0.6 is 0 Å². The molecule has 20 heavy (non-hydrogen) atoms. The van der Waals surface area contributed by atoms with Crippen molar-refractivity contribution in [3.63, 3.8) is 0 Å². The number of nitrogens with zero attached hydrogens (tertiary/aromatic N) is 2. The van der Waals surface area contributed by atoms with Crippen molar-refractivity contribution in [1.29, 1.82) is 0 Å². The van der Waals surface area contributed by atoms with E-state index in [1.807, 2.05) is 20.0 Å². The van der Waals surface area contributed by atoms with Gasteiger partial charge in [-0.15, -0.1) is 0 Å². The van der Waals surface area contributed by atoms with Crippen molar-refractivity contribution in [1.82, 2.24) is 9.97 Å². The predicted molar refractivity (Wildman–Crippen MR) is 73.5 cm³/mol. The summed E-state index contributed by atoms with van der Waals surface area (Å²) < 4.78 is 17.6. The molecular weight excluding hydrogens is 256 g/mol. The summed E-state index contributed by atoms with van der Waals surface area (Å²) in [5, 5.41) is 0. The van der Waals surface area contributed by atoms with E-state index < -0.39 is 5.79 Å². The SMILES string of the molecule is CC[C@H]1C[C@@H](c2cncnc2OC)[C@@H]2OC(C)(C)O[C@H]12. The second kappa shape index (κ2) is 4.97. The molecule has 1 aliphatic heterocycles. The molecule has 0 unspecified atom stereocenters. The highest BCUT2D eigenvalue weighted by Crippen LogP contribution is 2.50. The predicted octanol–water partition coefficient (Wildman–Crippen LogP) is 2.52. The highest BCUT2D eigenvalue weighted by Gasteiger charge is 2.54. The van der Waals surface area contributed by atoms with Gasteiger partial charge in [0.1, 0.15) is 6.33 Å². The molecule has 5 nitrogen and oxygen atoms in total. The third kappa shape index (κ3) is 2.19. The molecule has 0 aromatic carbocycles. The van der Waals surface area contributed by atoms with Crippen LogP contribution in [0.25, 0.3) is 0 Å². The molecule has 2 fully saturated rings. The number of fused-ring (bicyclic) bond motifs is 1. The second-order valence-electron chi connectivity index (χ2n) is 6.06. The van der Waals surface area contributed by atoms with Crippen molar-refractivity contribution in [2.45, 2.75) is 57.5 Å². The first-order chi connectivity index (χ1) is 9.55. The van der Waals surface area contributed by atoms with E-state index >= 15 is 0 Å². The van der Waals surface area contributed by atoms with Gasteiger partial charge in [-0.3, -0.25) is 0 Å². The Kier molecular flexibility index (Phi) is 3.42. The minimum Gasteiger partial charge on any atom is -0.481 e. The molecule has 0 amide bonds. The van der Waals surface area contributed by atoms with Crippen LogP contribution in [0.4, 0.5) is 0 Å². The summed E-state index contributed by atoms with van der Waals surface area (Å²) in [7, 11) is 1.64. The van der Waals surface area contributed by atoms with E-state index in [0.717, 1.165) is 18.4 Å². The van der Waals surface area contributed by atoms with Crippen molar-refractivity contribution < 1.29 is 14.2 Å². The van der Waals surface area contributed by atoms with Crippen LogP contribution in [0.2, 0.25) is 0 Å². The van der Waals surface area contributed by atoms with E-state index in [9.17, 15) is 0 Å². The van der Waals surface area contributed by atoms with Gasteiger partial charge >= 0.3 is 0 Å². The first-order valence-electron chi connectivity index (χ1n) is 7.25. The molecule has 0 N–H and O–H groups in total. The van der Waals surface area contributed by atoms with Gasteiger partial charge in [0, 0.05) is 17.7 Å². The largest absolute Gasteiger partial charge is 0.481 e. The van der Waals surface area contributed by atoms with Gasteiger partial charge in [0.05, 0.1) is 19.3 Å². The fraction of sp³-hybridized carbons (Fsp3) is 0.733. The lowest BCUT2D eigenvalue weighted by atomic mass is 9.96. The molecule has 4 atom stereocenters. The summed E-state index contributed by atoms with van der Waals surface area (Å²) in [4.78, 5) is 8.37. The summed E-state index contributed by atoms with van der Waals surface area (Å²) >= 11 is 0. The average Bonchev–Trinajstić information content (AvgIpc) is 2.91. The van der Waals surface area contributed by atoms with Crippen LogP contribution in [0, 0.1) is 5.92 Å². The van der Waals surface area contributed by atoms with Crippen molar-refractivity contribution in [2.24, 2.45) is 5.92 Å². The number of ether oxygens (including phenoxy) is 3. The summed E-state index contributed by atoms with van der Waals surface area (Å²) in [6.45, 7) is 6.17. The molecule has 3 rings (SSSR count). The molecule has 5 heteroatoms. The average molecular weight is 278 g/mol. The molecule has 1 saturated heterocycles. The molecule has 1 saturated carbocycles. The van der Waals surface area contributed by atoms with Gasteiger partial charge in [-0.1, -0.05) is 13.3 Å². The zero-order chi connectivity index (χ0) is 14.3. The molecule has 110 valence electrons. The third-order valence-electron chi connectivity index (χ3n) is 4.40. The maximum Gasteiger partial charge on any atom is 0.219 e. The number of hydrogen-bond acceptors (Lipinski definition) is 5. The Morgan fingerprint density at radius 1 is 1.35 bits per heavy atom. The van der Waals surface area contributed by atoms with Gasteiger partial charge in [0.25, 0.3) is 0 Å². The van der Waals surface area contributed by atoms with Crippen molar-refractivity contribution in [2.75, 3.05) is 7.11 Å². The molecule has 0 radical (unpaired) electrons. The van der Waals surface area contributed by atoms with E-state index in [4.69, 9.17) is 14.2 Å². The van der Waals surface area contributed by atoms with Crippen LogP contribution in [0.1, 0.15) is 45.1 Å². The Balaban J connectivity index is 1.94. The zero-order valence-corrected chi connectivity index (χ0v) is 12.5. The maximum absolute atomic E-state index is 6.14. The quantitative estimate of drug-likeness (QED) is 0.850. The minimum atomic E-state index is -0.510. The topological polar surface area (TPSA) is 53.5 Å². The Morgan fingerprint density at radius 3 is 2.80 bits per heavy atom. The first-order valence-corrected chi connectivity index (χ1v) is 7.25. The van der Waals surface area contributed by atoms with Crippen LogP contribution < -0.4 is 4.74 Å². The first kappa shape index (κ1) is 13.8. The number of aromatic nitrogens is 2. The summed E-state index contributed by atoms with van der Waals surface area (Å²) in [5.74, 6) is 0.887. The Hall–Kier alpha value is -1.20. The third-order valence-corrected chi connectivity index (χ3v) is 4.40. The molecule has 0 spiro atoms. The Bertz CT molecular complexity index is 492. The molecule has 1 aromatic rings. The van der Waals surface area contributed by atoms with Gasteiger partial charge in [-0.05, 0) is 26.2 Å². The lowest BCUT2D eigenvalue weighted by Crippen LogP contribution is -2.24. The number of hydrogen-bond donors (Lipinski definition) is 0. The normalized spacial score (nSPS) is 35.0. The van der Waals surface area contributed by atoms with Crippen LogP contribution in [-0.4, -0.2) is 35.1 Å². The van der Waals surface area contributed by atoms with Crippen LogP contribution in [0.5, 0.6) is 5.88 Å². The molecule has 0 bridgehead atoms. The Labute approximate surface area is 119 Å². The minimum absolute atomic E-state index is 0.0647. The second-order valence-corrected chi connectivity index (χ2v) is 6.06. The van der Waals surface area contributed by atoms with Gasteiger partial charge < -0.3 is 14.2 Å². The molecule has 2 heterocycles. The highest BCUT2D eigenvalue weighted by molar-refractivity contribution is 5.30. The van der Waals surface area contributed by atoms with E-state index in [1.165, 1.54) is 6.33 Å². The van der Waals surface area contributed by atoms with Crippen molar-refractivity contribution in [3.8, 4) is 5.88 Å². The van der Waals surface area contributed by atoms with Gasteiger partial charge in [-0.2, -0.15) is 0 Å². The monoisotopic (exact) mass is 278 g/mol. The lowest BCUT2D eigenvalue weighted by Gasteiger charge is -2.23. The molecule has 2 aliphatic rings. The summed E-state index contributed by atoms with van der Waals surface area (Å²) in [5.41, 5.74) is 1.03. The Morgan fingerprint density at radius 2 is 2.10 bits per heavy atom. The number of methoxy groups -OCH3 is 1. The van der Waals surface area contributed by atoms with E-state index in [1.54, 1.807) is 7.11 Å². The molecule has 1 aliphatic carbocycles. The number of rotatable bonds is 3. The van der Waals surface area contributed by atoms with E-state index in [2.05, 4.69) is 16.9 Å². The van der Waals surface area contributed by atoms with Crippen LogP contribution in [0.3, 0.4) is 0 Å². The van der Waals surface area contributed by atoms with Crippen LogP contribution in [0.15, 0.2) is 12.5 Å².